The summed E-state index contributed by atoms with van der Waals surface area (Å²) >= 11 is 0. The smallest absolute Gasteiger partial charge is 1.00 e. The van der Waals surface area contributed by atoms with Crippen LogP contribution in [0.1, 0.15) is 1.43 Å². The van der Waals surface area contributed by atoms with Crippen molar-refractivity contribution in [1.29, 1.82) is 5.26 Å². The third kappa shape index (κ3) is 8.98. The van der Waals surface area contributed by atoms with Gasteiger partial charge in [-0.3, -0.25) is 0 Å². The van der Waals surface area contributed by atoms with Gasteiger partial charge in [-0.15, -0.1) is 5.26 Å². The van der Waals surface area contributed by atoms with Crippen molar-refractivity contribution in [3.63, 3.8) is 0 Å². The van der Waals surface area contributed by atoms with E-state index in [1.807, 2.05) is 0 Å². The monoisotopic (exact) mass is 93.0 g/mol. The molecule has 0 spiro atoms. The van der Waals surface area contributed by atoms with Crippen LogP contribution in [0.15, 0.2) is 12.8 Å². The van der Waals surface area contributed by atoms with E-state index in [1.165, 1.54) is 6.26 Å². The van der Waals surface area contributed by atoms with Crippen molar-refractivity contribution in [2.75, 3.05) is 0 Å². The Kier molecular flexibility index (Phi) is 13.9. The van der Waals surface area contributed by atoms with Crippen molar-refractivity contribution in [2.45, 2.75) is 0 Å². The summed E-state index contributed by atoms with van der Waals surface area (Å²) in [5.74, 6) is 0. The van der Waals surface area contributed by atoms with Crippen LogP contribution < -0.4 is 29.6 Å². The molecule has 0 fully saturated rings. The molecule has 0 radical (unpaired) electrons. The van der Waals surface area contributed by atoms with Crippen molar-refractivity contribution in [2.24, 2.45) is 0 Å². The Morgan fingerprint density at radius 3 is 2.50 bits per heavy atom. The summed E-state index contributed by atoms with van der Waals surface area (Å²) in [4.78, 5) is 0. The maximum atomic E-state index is 7.52. The summed E-state index contributed by atoms with van der Waals surface area (Å²) in [5, 5.41) is 7.52. The first-order valence-corrected chi connectivity index (χ1v) is 1.07. The van der Waals surface area contributed by atoms with Crippen LogP contribution in [0.3, 0.4) is 0 Å². The fraction of sp³-hybridized carbons (Fsp3) is 0. The predicted octanol–water partition coefficient (Wildman–Crippen LogP) is -2.26. The maximum absolute atomic E-state index is 7.52. The van der Waals surface area contributed by atoms with Crippen LogP contribution >= 0.6 is 0 Å². The summed E-state index contributed by atoms with van der Waals surface area (Å²) in [5.41, 5.74) is 0. The van der Waals surface area contributed by atoms with Crippen LogP contribution in [0, 0.1) is 11.5 Å². The molecule has 0 atom stereocenters. The molecule has 28 valence electrons. The van der Waals surface area contributed by atoms with E-state index in [-0.39, 0.29) is 31.0 Å². The molecular weight excluding hydrogens is 89.0 g/mol. The third-order valence-corrected chi connectivity index (χ3v) is 0.136. The van der Waals surface area contributed by atoms with Crippen LogP contribution in [-0.2, 0) is 4.74 Å². The van der Waals surface area contributed by atoms with Gasteiger partial charge >= 0.3 is 29.6 Å². The molecule has 6 heavy (non-hydrogen) atoms. The van der Waals surface area contributed by atoms with Gasteiger partial charge in [0.05, 0.1) is 6.26 Å². The summed E-state index contributed by atoms with van der Waals surface area (Å²) in [6.45, 7) is 3.11. The van der Waals surface area contributed by atoms with Crippen molar-refractivity contribution < 1.29 is 35.7 Å². The molecule has 0 aromatic rings. The molecule has 0 bridgehead atoms. The molecule has 0 saturated heterocycles. The molecule has 0 heterocycles. The SMILES string of the molecule is C=COC#N.[H-].[Na+]. The predicted molar refractivity (Wildman–Crippen MR) is 18.0 cm³/mol. The number of nitrogens with zero attached hydrogens (tertiary/aromatic N) is 1. The van der Waals surface area contributed by atoms with Gasteiger partial charge < -0.3 is 6.16 Å². The van der Waals surface area contributed by atoms with Gasteiger partial charge in [-0.2, -0.15) is 0 Å². The van der Waals surface area contributed by atoms with E-state index in [0.717, 1.165) is 6.26 Å². The number of rotatable bonds is 1. The summed E-state index contributed by atoms with van der Waals surface area (Å²) in [7, 11) is 0. The first-order valence-electron chi connectivity index (χ1n) is 1.07. The second-order valence-electron chi connectivity index (χ2n) is 0.376. The van der Waals surface area contributed by atoms with E-state index in [2.05, 4.69) is 11.3 Å². The standard InChI is InChI=1S/C3H3NO.Na.H/c1-2-5-3-4;;/h2H,1H2;;/q;+1;-1. The van der Waals surface area contributed by atoms with Crippen molar-refractivity contribution in [3.8, 4) is 6.26 Å². The Bertz CT molecular complexity index is 69.8. The Hall–Kier alpha value is 0.0300. The molecule has 0 amide bonds. The summed E-state index contributed by atoms with van der Waals surface area (Å²) < 4.78 is 3.90. The Morgan fingerprint density at radius 2 is 2.50 bits per heavy atom. The second kappa shape index (κ2) is 8.90. The van der Waals surface area contributed by atoms with Crippen molar-refractivity contribution in [3.05, 3.63) is 12.8 Å². The van der Waals surface area contributed by atoms with Crippen LogP contribution in [-0.4, -0.2) is 0 Å². The van der Waals surface area contributed by atoms with E-state index in [0.29, 0.717) is 0 Å². The average molecular weight is 93.1 g/mol. The molecule has 0 aromatic heterocycles. The van der Waals surface area contributed by atoms with Crippen molar-refractivity contribution in [1.82, 2.24) is 0 Å². The molecule has 0 N–H and O–H groups in total. The van der Waals surface area contributed by atoms with Gasteiger partial charge in [0.2, 0.25) is 0 Å². The Morgan fingerprint density at radius 1 is 2.00 bits per heavy atom. The van der Waals surface area contributed by atoms with Crippen LogP contribution in [0.5, 0.6) is 0 Å². The van der Waals surface area contributed by atoms with Gasteiger partial charge in [-0.1, -0.05) is 6.58 Å². The number of hydrogen-bond acceptors (Lipinski definition) is 2. The molecule has 3 heteroatoms. The first-order chi connectivity index (χ1) is 2.41. The third-order valence-electron chi connectivity index (χ3n) is 0.136. The Labute approximate surface area is 60.2 Å². The van der Waals surface area contributed by atoms with Crippen LogP contribution in [0.4, 0.5) is 0 Å². The fourth-order valence-electron chi connectivity index (χ4n) is 0.0373. The van der Waals surface area contributed by atoms with Crippen LogP contribution in [0.25, 0.3) is 0 Å². The molecule has 0 aliphatic heterocycles. The van der Waals surface area contributed by atoms with Crippen LogP contribution in [0.2, 0.25) is 0 Å². The summed E-state index contributed by atoms with van der Waals surface area (Å²) in [6.07, 6.45) is 2.47. The van der Waals surface area contributed by atoms with Gasteiger partial charge in [-0.25, -0.2) is 0 Å². The van der Waals surface area contributed by atoms with Gasteiger partial charge in [0.15, 0.2) is 0 Å². The molecule has 0 unspecified atom stereocenters. The minimum absolute atomic E-state index is 0. The molecule has 0 rings (SSSR count). The first kappa shape index (κ1) is 9.39. The van der Waals surface area contributed by atoms with E-state index in [1.54, 1.807) is 0 Å². The van der Waals surface area contributed by atoms with Gasteiger partial charge in [0.1, 0.15) is 0 Å². The van der Waals surface area contributed by atoms with Gasteiger partial charge in [0, 0.05) is 0 Å². The molecule has 0 aliphatic rings. The molecule has 0 aliphatic carbocycles. The average Bonchev–Trinajstić information content (AvgIpc) is 1.41. The molecular formula is C3H4NNaO. The van der Waals surface area contributed by atoms with E-state index >= 15 is 0 Å². The number of nitriles is 1. The molecule has 2 nitrogen and oxygen atoms in total. The van der Waals surface area contributed by atoms with E-state index in [4.69, 9.17) is 5.26 Å². The van der Waals surface area contributed by atoms with Crippen molar-refractivity contribution >= 4 is 0 Å². The van der Waals surface area contributed by atoms with E-state index in [9.17, 15) is 0 Å². The minimum atomic E-state index is 0. The minimum Gasteiger partial charge on any atom is -1.00 e. The molecule has 0 saturated carbocycles. The molecule has 0 aromatic carbocycles. The topological polar surface area (TPSA) is 33.0 Å². The normalized spacial score (nSPS) is 3.83. The fourth-order valence-corrected chi connectivity index (χ4v) is 0.0373. The maximum Gasteiger partial charge on any atom is 1.00 e. The van der Waals surface area contributed by atoms with E-state index < -0.39 is 0 Å². The largest absolute Gasteiger partial charge is 1.00 e. The zero-order valence-corrected chi connectivity index (χ0v) is 5.64. The Balaban J connectivity index is -0.0000000800. The zero-order chi connectivity index (χ0) is 4.12. The number of ether oxygens (including phenoxy) is 1. The van der Waals surface area contributed by atoms with Gasteiger partial charge in [0.25, 0.3) is 6.26 Å². The number of hydrogen-bond donors (Lipinski definition) is 0. The summed E-state index contributed by atoms with van der Waals surface area (Å²) in [6, 6.07) is 0. The zero-order valence-electron chi connectivity index (χ0n) is 4.64. The van der Waals surface area contributed by atoms with Gasteiger partial charge in [-0.05, 0) is 0 Å². The second-order valence-corrected chi connectivity index (χ2v) is 0.376. The quantitative estimate of drug-likeness (QED) is 0.208.